The van der Waals surface area contributed by atoms with Crippen molar-refractivity contribution in [2.75, 3.05) is 0 Å². The molecule has 10 heteroatoms. The summed E-state index contributed by atoms with van der Waals surface area (Å²) in [6, 6.07) is 13.6. The number of alkyl halides is 3. The zero-order chi connectivity index (χ0) is 28.6. The highest BCUT2D eigenvalue weighted by Gasteiger charge is 2.36. The van der Waals surface area contributed by atoms with Gasteiger partial charge in [0.2, 0.25) is 0 Å². The van der Waals surface area contributed by atoms with Gasteiger partial charge in [0, 0.05) is 30.1 Å². The second-order valence-corrected chi connectivity index (χ2v) is 9.97. The number of hydrogen-bond donors (Lipinski definition) is 2. The van der Waals surface area contributed by atoms with Crippen molar-refractivity contribution in [1.82, 2.24) is 14.9 Å². The molecule has 5 nitrogen and oxygen atoms in total. The van der Waals surface area contributed by atoms with Crippen molar-refractivity contribution in [2.45, 2.75) is 38.5 Å². The molecule has 2 heterocycles. The predicted octanol–water partition coefficient (Wildman–Crippen LogP) is 6.56. The molecule has 4 aromatic rings. The molecule has 1 saturated carbocycles. The summed E-state index contributed by atoms with van der Waals surface area (Å²) in [5.74, 6) is -1.31. The van der Waals surface area contributed by atoms with Crippen LogP contribution in [0.1, 0.15) is 51.6 Å². The Labute approximate surface area is 226 Å². The fourth-order valence-corrected chi connectivity index (χ4v) is 4.77. The molecule has 0 saturated heterocycles. The van der Waals surface area contributed by atoms with E-state index >= 15 is 0 Å². The van der Waals surface area contributed by atoms with Crippen LogP contribution in [0, 0.1) is 29.9 Å². The Hall–Kier alpha value is -4.34. The number of benzene rings is 2. The number of hydrogen-bond acceptors (Lipinski definition) is 3. The van der Waals surface area contributed by atoms with E-state index in [0.717, 1.165) is 36.9 Å². The molecule has 2 aromatic heterocycles. The summed E-state index contributed by atoms with van der Waals surface area (Å²) in [6.07, 6.45) is -0.832. The van der Waals surface area contributed by atoms with Crippen molar-refractivity contribution < 1.29 is 26.7 Å². The van der Waals surface area contributed by atoms with E-state index in [4.69, 9.17) is 5.41 Å². The fourth-order valence-electron chi connectivity index (χ4n) is 4.77. The lowest BCUT2D eigenvalue weighted by molar-refractivity contribution is -0.140. The van der Waals surface area contributed by atoms with Gasteiger partial charge >= 0.3 is 6.18 Å². The van der Waals surface area contributed by atoms with Gasteiger partial charge in [0.05, 0.1) is 6.04 Å². The Kier molecular flexibility index (Phi) is 7.27. The third-order valence-corrected chi connectivity index (χ3v) is 6.91. The first-order valence-corrected chi connectivity index (χ1v) is 12.6. The molecule has 0 spiro atoms. The molecular formula is C30H25F5N4O. The molecule has 1 fully saturated rings. The monoisotopic (exact) mass is 552 g/mol. The van der Waals surface area contributed by atoms with Gasteiger partial charge in [0.15, 0.2) is 5.69 Å². The van der Waals surface area contributed by atoms with E-state index in [2.05, 4.69) is 10.3 Å². The molecule has 1 aliphatic carbocycles. The topological polar surface area (TPSA) is 70.8 Å². The predicted molar refractivity (Wildman–Crippen MR) is 138 cm³/mol. The van der Waals surface area contributed by atoms with E-state index in [9.17, 15) is 26.7 Å². The van der Waals surface area contributed by atoms with Crippen LogP contribution in [0.2, 0.25) is 0 Å². The SMILES string of the molecule is Cc1cc(C(NC(=O)c2cc(Cn3cc(F)ccc3=N)cc(-c3cccnc3C(F)(F)F)c2)C2CC2)ccc1F. The number of aromatic nitrogens is 2. The van der Waals surface area contributed by atoms with Gasteiger partial charge in [-0.2, -0.15) is 13.2 Å². The highest BCUT2D eigenvalue weighted by Crippen LogP contribution is 2.42. The van der Waals surface area contributed by atoms with E-state index in [1.807, 2.05) is 0 Å². The van der Waals surface area contributed by atoms with Crippen molar-refractivity contribution in [1.29, 1.82) is 5.41 Å². The Morgan fingerprint density at radius 2 is 1.88 bits per heavy atom. The maximum Gasteiger partial charge on any atom is 0.433 e. The van der Waals surface area contributed by atoms with Crippen LogP contribution in [0.15, 0.2) is 73.1 Å². The van der Waals surface area contributed by atoms with Gasteiger partial charge < -0.3 is 9.88 Å². The van der Waals surface area contributed by atoms with Gasteiger partial charge in [-0.1, -0.05) is 18.2 Å². The maximum atomic E-state index is 13.9. The van der Waals surface area contributed by atoms with Gasteiger partial charge in [0.25, 0.3) is 5.91 Å². The van der Waals surface area contributed by atoms with E-state index < -0.39 is 29.6 Å². The number of carbonyl (C=O) groups excluding carboxylic acids is 1. The van der Waals surface area contributed by atoms with Gasteiger partial charge in [0.1, 0.15) is 17.1 Å². The van der Waals surface area contributed by atoms with Crippen molar-refractivity contribution in [3.05, 3.63) is 118 Å². The average Bonchev–Trinajstić information content (AvgIpc) is 3.76. The number of aryl methyl sites for hydroxylation is 1. The number of amides is 1. The van der Waals surface area contributed by atoms with Crippen molar-refractivity contribution in [3.63, 3.8) is 0 Å². The largest absolute Gasteiger partial charge is 0.433 e. The van der Waals surface area contributed by atoms with Gasteiger partial charge in [-0.15, -0.1) is 0 Å². The van der Waals surface area contributed by atoms with Crippen LogP contribution in [0.5, 0.6) is 0 Å². The first kappa shape index (κ1) is 27.2. The van der Waals surface area contributed by atoms with Gasteiger partial charge in [-0.25, -0.2) is 8.78 Å². The first-order chi connectivity index (χ1) is 19.0. The minimum atomic E-state index is -4.74. The molecule has 0 radical (unpaired) electrons. The highest BCUT2D eigenvalue weighted by atomic mass is 19.4. The molecule has 206 valence electrons. The maximum absolute atomic E-state index is 13.9. The van der Waals surface area contributed by atoms with Crippen molar-refractivity contribution in [2.24, 2.45) is 5.92 Å². The van der Waals surface area contributed by atoms with Crippen LogP contribution in [0.25, 0.3) is 11.1 Å². The molecule has 2 aromatic carbocycles. The van der Waals surface area contributed by atoms with Gasteiger partial charge in [-0.3, -0.25) is 15.2 Å². The summed E-state index contributed by atoms with van der Waals surface area (Å²) in [7, 11) is 0. The van der Waals surface area contributed by atoms with E-state index in [-0.39, 0.29) is 40.5 Å². The summed E-state index contributed by atoms with van der Waals surface area (Å²) in [6.45, 7) is 1.58. The van der Waals surface area contributed by atoms with Crippen LogP contribution in [-0.2, 0) is 12.7 Å². The van der Waals surface area contributed by atoms with E-state index in [0.29, 0.717) is 11.1 Å². The zero-order valence-electron chi connectivity index (χ0n) is 21.4. The lowest BCUT2D eigenvalue weighted by atomic mass is 9.96. The van der Waals surface area contributed by atoms with Crippen LogP contribution >= 0.6 is 0 Å². The molecule has 5 rings (SSSR count). The van der Waals surface area contributed by atoms with Crippen molar-refractivity contribution >= 4 is 5.91 Å². The normalized spacial score (nSPS) is 14.2. The second-order valence-electron chi connectivity index (χ2n) is 9.97. The number of pyridine rings is 2. The van der Waals surface area contributed by atoms with Crippen molar-refractivity contribution in [3.8, 4) is 11.1 Å². The standard InChI is InChI=1S/C30H25F5N4O/c1-17-11-20(6-8-25(17)32)27(19-4-5-19)38-29(40)22-13-18(15-39-16-23(31)7-9-26(39)36)12-21(14-22)24-3-2-10-37-28(24)30(33,34)35/h2-3,6-14,16,19,27,36H,4-5,15H2,1H3,(H,38,40). The molecule has 0 aliphatic heterocycles. The molecule has 1 unspecified atom stereocenters. The zero-order valence-corrected chi connectivity index (χ0v) is 21.4. The second kappa shape index (κ2) is 10.7. The third-order valence-electron chi connectivity index (χ3n) is 6.91. The smallest absolute Gasteiger partial charge is 0.345 e. The molecule has 40 heavy (non-hydrogen) atoms. The summed E-state index contributed by atoms with van der Waals surface area (Å²) in [5, 5.41) is 11.1. The molecule has 2 N–H and O–H groups in total. The van der Waals surface area contributed by atoms with Crippen LogP contribution in [-0.4, -0.2) is 15.5 Å². The highest BCUT2D eigenvalue weighted by molar-refractivity contribution is 5.96. The van der Waals surface area contributed by atoms with Crippen LogP contribution in [0.4, 0.5) is 22.0 Å². The van der Waals surface area contributed by atoms with E-state index in [1.165, 1.54) is 47.0 Å². The Morgan fingerprint density at radius 3 is 2.58 bits per heavy atom. The summed E-state index contributed by atoms with van der Waals surface area (Å²) >= 11 is 0. The minimum Gasteiger partial charge on any atom is -0.345 e. The number of carbonyl (C=O) groups is 1. The Morgan fingerprint density at radius 1 is 1.10 bits per heavy atom. The molecule has 1 atom stereocenters. The summed E-state index contributed by atoms with van der Waals surface area (Å²) in [5.41, 5.74) is 0.442. The lowest BCUT2D eigenvalue weighted by Crippen LogP contribution is -2.30. The lowest BCUT2D eigenvalue weighted by Gasteiger charge is -2.21. The quantitative estimate of drug-likeness (QED) is 0.255. The number of rotatable bonds is 7. The van der Waals surface area contributed by atoms with Crippen LogP contribution in [0.3, 0.4) is 0 Å². The molecular weight excluding hydrogens is 527 g/mol. The first-order valence-electron chi connectivity index (χ1n) is 12.6. The summed E-state index contributed by atoms with van der Waals surface area (Å²) < 4.78 is 70.5. The fraction of sp³-hybridized carbons (Fsp3) is 0.233. The summed E-state index contributed by atoms with van der Waals surface area (Å²) in [4.78, 5) is 17.1. The number of nitrogens with one attached hydrogen (secondary N) is 2. The van der Waals surface area contributed by atoms with E-state index in [1.54, 1.807) is 19.1 Å². The average molecular weight is 553 g/mol. The van der Waals surface area contributed by atoms with Gasteiger partial charge in [-0.05, 0) is 90.4 Å². The third kappa shape index (κ3) is 5.95. The molecule has 1 aliphatic rings. The number of nitrogens with zero attached hydrogens (tertiary/aromatic N) is 2. The van der Waals surface area contributed by atoms with Crippen LogP contribution < -0.4 is 10.8 Å². The Bertz CT molecular complexity index is 1640. The number of halogens is 5. The Balaban J connectivity index is 1.57. The molecule has 0 bridgehead atoms. The molecule has 1 amide bonds. The minimum absolute atomic E-state index is 0.0179.